The highest BCUT2D eigenvalue weighted by molar-refractivity contribution is 5.64. The van der Waals surface area contributed by atoms with E-state index in [1.807, 2.05) is 0 Å². The number of unbranched alkanes of at least 4 members (excludes halogenated alkanes) is 9. The summed E-state index contributed by atoms with van der Waals surface area (Å²) >= 11 is 0. The molecule has 39 heavy (non-hydrogen) atoms. The van der Waals surface area contributed by atoms with Gasteiger partial charge >= 0.3 is 0 Å². The summed E-state index contributed by atoms with van der Waals surface area (Å²) in [7, 11) is 0. The molecule has 1 aliphatic carbocycles. The molecule has 1 saturated heterocycles. The quantitative estimate of drug-likeness (QED) is 0.196. The van der Waals surface area contributed by atoms with E-state index in [1.54, 1.807) is 5.56 Å². The first-order chi connectivity index (χ1) is 19.3. The number of rotatable bonds is 16. The second-order valence-corrected chi connectivity index (χ2v) is 13.0. The van der Waals surface area contributed by atoms with E-state index in [4.69, 9.17) is 4.74 Å². The van der Waals surface area contributed by atoms with Crippen LogP contribution in [0.25, 0.3) is 11.1 Å². The molecule has 2 unspecified atom stereocenters. The third-order valence-corrected chi connectivity index (χ3v) is 9.90. The van der Waals surface area contributed by atoms with Crippen LogP contribution in [0.1, 0.15) is 159 Å². The normalized spacial score (nSPS) is 23.6. The molecule has 2 aliphatic rings. The van der Waals surface area contributed by atoms with Crippen molar-refractivity contribution in [3.05, 3.63) is 59.7 Å². The van der Waals surface area contributed by atoms with Crippen LogP contribution in [0.2, 0.25) is 0 Å². The Morgan fingerprint density at radius 3 is 1.54 bits per heavy atom. The van der Waals surface area contributed by atoms with E-state index in [9.17, 15) is 0 Å². The van der Waals surface area contributed by atoms with E-state index >= 15 is 0 Å². The second kappa shape index (κ2) is 17.3. The van der Waals surface area contributed by atoms with Gasteiger partial charge in [0.15, 0.2) is 0 Å². The summed E-state index contributed by atoms with van der Waals surface area (Å²) in [5, 5.41) is 0. The van der Waals surface area contributed by atoms with Crippen molar-refractivity contribution in [2.45, 2.75) is 148 Å². The Morgan fingerprint density at radius 1 is 0.513 bits per heavy atom. The van der Waals surface area contributed by atoms with Crippen molar-refractivity contribution < 1.29 is 4.74 Å². The SMILES string of the molecule is CCCCCCCCC1CCC(c2ccc(-c3ccc(C4CCC(CCCCCCC)CC4)cc3)cc2)OC1. The molecule has 2 fully saturated rings. The van der Waals surface area contributed by atoms with Crippen LogP contribution in [0.4, 0.5) is 0 Å². The zero-order chi connectivity index (χ0) is 27.1. The van der Waals surface area contributed by atoms with Gasteiger partial charge in [0.25, 0.3) is 0 Å². The Hall–Kier alpha value is -1.60. The second-order valence-electron chi connectivity index (χ2n) is 13.0. The van der Waals surface area contributed by atoms with E-state index in [1.165, 1.54) is 139 Å². The van der Waals surface area contributed by atoms with E-state index in [0.717, 1.165) is 24.4 Å². The molecule has 1 saturated carbocycles. The Morgan fingerprint density at radius 2 is 1.00 bits per heavy atom. The summed E-state index contributed by atoms with van der Waals surface area (Å²) in [6.07, 6.45) is 26.7. The first kappa shape index (κ1) is 30.4. The number of hydrogen-bond acceptors (Lipinski definition) is 1. The summed E-state index contributed by atoms with van der Waals surface area (Å²) in [6, 6.07) is 18.8. The van der Waals surface area contributed by atoms with E-state index < -0.39 is 0 Å². The lowest BCUT2D eigenvalue weighted by molar-refractivity contribution is -0.0199. The van der Waals surface area contributed by atoms with Crippen molar-refractivity contribution in [2.24, 2.45) is 11.8 Å². The van der Waals surface area contributed by atoms with Gasteiger partial charge in [0.2, 0.25) is 0 Å². The molecule has 216 valence electrons. The molecule has 0 bridgehead atoms. The van der Waals surface area contributed by atoms with Gasteiger partial charge in [0.05, 0.1) is 12.7 Å². The minimum atomic E-state index is 0.286. The van der Waals surface area contributed by atoms with Gasteiger partial charge in [0.1, 0.15) is 0 Å². The van der Waals surface area contributed by atoms with Crippen molar-refractivity contribution in [2.75, 3.05) is 6.61 Å². The molecule has 2 atom stereocenters. The molecule has 0 aromatic heterocycles. The predicted molar refractivity (Wildman–Crippen MR) is 169 cm³/mol. The third kappa shape index (κ3) is 10.1. The highest BCUT2D eigenvalue weighted by Gasteiger charge is 2.23. The molecular weight excluding hydrogens is 472 g/mol. The van der Waals surface area contributed by atoms with Gasteiger partial charge in [-0.15, -0.1) is 0 Å². The van der Waals surface area contributed by atoms with Crippen LogP contribution in [0.15, 0.2) is 48.5 Å². The van der Waals surface area contributed by atoms with E-state index in [2.05, 4.69) is 62.4 Å². The molecule has 0 amide bonds. The molecule has 0 spiro atoms. The number of ether oxygens (including phenoxy) is 1. The van der Waals surface area contributed by atoms with Crippen molar-refractivity contribution in [3.63, 3.8) is 0 Å². The van der Waals surface area contributed by atoms with Gasteiger partial charge < -0.3 is 4.74 Å². The Balaban J connectivity index is 1.17. The molecule has 2 aromatic carbocycles. The summed E-state index contributed by atoms with van der Waals surface area (Å²) in [4.78, 5) is 0. The van der Waals surface area contributed by atoms with Crippen LogP contribution in [0, 0.1) is 11.8 Å². The van der Waals surface area contributed by atoms with Crippen LogP contribution in [0.5, 0.6) is 0 Å². The highest BCUT2D eigenvalue weighted by Crippen LogP contribution is 2.39. The van der Waals surface area contributed by atoms with Crippen molar-refractivity contribution >= 4 is 0 Å². The number of benzene rings is 2. The van der Waals surface area contributed by atoms with Gasteiger partial charge in [-0.25, -0.2) is 0 Å². The largest absolute Gasteiger partial charge is 0.373 e. The van der Waals surface area contributed by atoms with Crippen LogP contribution >= 0.6 is 0 Å². The maximum absolute atomic E-state index is 6.35. The van der Waals surface area contributed by atoms with Crippen LogP contribution in [-0.2, 0) is 4.74 Å². The zero-order valence-corrected chi connectivity index (χ0v) is 25.5. The Kier molecular flexibility index (Phi) is 13.4. The lowest BCUT2D eigenvalue weighted by Gasteiger charge is -2.29. The van der Waals surface area contributed by atoms with Gasteiger partial charge in [-0.2, -0.15) is 0 Å². The monoisotopic (exact) mass is 530 g/mol. The minimum absolute atomic E-state index is 0.286. The summed E-state index contributed by atoms with van der Waals surface area (Å²) in [6.45, 7) is 5.55. The molecule has 0 N–H and O–H groups in total. The average Bonchev–Trinajstić information content (AvgIpc) is 3.00. The fraction of sp³-hybridized carbons (Fsp3) is 0.684. The maximum Gasteiger partial charge on any atom is 0.0825 e. The lowest BCUT2D eigenvalue weighted by Crippen LogP contribution is -2.20. The van der Waals surface area contributed by atoms with Gasteiger partial charge in [-0.1, -0.05) is 139 Å². The Bertz CT molecular complexity index is 881. The smallest absolute Gasteiger partial charge is 0.0825 e. The average molecular weight is 531 g/mol. The summed E-state index contributed by atoms with van der Waals surface area (Å²) in [5.41, 5.74) is 5.59. The molecule has 1 heteroatoms. The number of hydrogen-bond donors (Lipinski definition) is 0. The summed E-state index contributed by atoms with van der Waals surface area (Å²) in [5.74, 6) is 2.53. The minimum Gasteiger partial charge on any atom is -0.373 e. The fourth-order valence-electron chi connectivity index (χ4n) is 7.17. The van der Waals surface area contributed by atoms with E-state index in [-0.39, 0.29) is 6.10 Å². The van der Waals surface area contributed by atoms with Crippen molar-refractivity contribution in [1.29, 1.82) is 0 Å². The van der Waals surface area contributed by atoms with Gasteiger partial charge in [0, 0.05) is 0 Å². The van der Waals surface area contributed by atoms with Crippen molar-refractivity contribution in [3.8, 4) is 11.1 Å². The van der Waals surface area contributed by atoms with Gasteiger partial charge in [-0.05, 0) is 85.0 Å². The topological polar surface area (TPSA) is 9.23 Å². The maximum atomic E-state index is 6.35. The molecule has 1 aliphatic heterocycles. The van der Waals surface area contributed by atoms with Crippen LogP contribution in [0.3, 0.4) is 0 Å². The summed E-state index contributed by atoms with van der Waals surface area (Å²) < 4.78 is 6.35. The molecule has 0 radical (unpaired) electrons. The molecule has 1 heterocycles. The van der Waals surface area contributed by atoms with Crippen molar-refractivity contribution in [1.82, 2.24) is 0 Å². The Labute approximate surface area is 241 Å². The fourth-order valence-corrected chi connectivity index (χ4v) is 7.17. The molecule has 1 nitrogen and oxygen atoms in total. The lowest BCUT2D eigenvalue weighted by atomic mass is 9.77. The molecule has 2 aromatic rings. The van der Waals surface area contributed by atoms with Crippen LogP contribution < -0.4 is 0 Å². The standard InChI is InChI=1S/C38H58O/c1-3-5-7-9-11-13-15-32-18-29-38(39-30-32)37-27-25-36(26-28-37)35-23-21-34(22-24-35)33-19-16-31(17-20-33)14-12-10-8-6-4-2/h21-28,31-33,38H,3-20,29-30H2,1-2H3. The predicted octanol–water partition coefficient (Wildman–Crippen LogP) is 12.2. The van der Waals surface area contributed by atoms with Crippen LogP contribution in [-0.4, -0.2) is 6.61 Å². The first-order valence-electron chi connectivity index (χ1n) is 17.1. The molecular formula is C38H58O. The third-order valence-electron chi connectivity index (χ3n) is 9.90. The van der Waals surface area contributed by atoms with Gasteiger partial charge in [-0.3, -0.25) is 0 Å². The zero-order valence-electron chi connectivity index (χ0n) is 25.5. The van der Waals surface area contributed by atoms with E-state index in [0.29, 0.717) is 0 Å². The molecule has 4 rings (SSSR count). The first-order valence-corrected chi connectivity index (χ1v) is 17.1. The highest BCUT2D eigenvalue weighted by atomic mass is 16.5.